The van der Waals surface area contributed by atoms with Crippen LogP contribution in [-0.2, 0) is 6.42 Å². The van der Waals surface area contributed by atoms with Crippen molar-refractivity contribution in [2.24, 2.45) is 0 Å². The molecule has 1 aliphatic rings. The molecule has 1 heteroatoms. The van der Waals surface area contributed by atoms with Crippen LogP contribution in [0.5, 0.6) is 0 Å². The number of benzene rings is 1. The summed E-state index contributed by atoms with van der Waals surface area (Å²) in [6.45, 7) is 17.2. The molecule has 130 valence electrons. The van der Waals surface area contributed by atoms with E-state index in [4.69, 9.17) is 0 Å². The molecule has 0 spiro atoms. The summed E-state index contributed by atoms with van der Waals surface area (Å²) >= 11 is 3.53. The van der Waals surface area contributed by atoms with E-state index in [2.05, 4.69) is 79.0 Å². The van der Waals surface area contributed by atoms with Crippen molar-refractivity contribution in [2.45, 2.75) is 73.1 Å². The highest BCUT2D eigenvalue weighted by Crippen LogP contribution is 2.37. The van der Waals surface area contributed by atoms with Gasteiger partial charge in [-0.1, -0.05) is 57.6 Å². The minimum absolute atomic E-state index is 0.701. The van der Waals surface area contributed by atoms with Crippen molar-refractivity contribution >= 4 is 24.8 Å². The van der Waals surface area contributed by atoms with Crippen LogP contribution in [-0.4, -0.2) is 6.26 Å². The van der Waals surface area contributed by atoms with Crippen LogP contribution in [0.3, 0.4) is 0 Å². The lowest BCUT2D eigenvalue weighted by Gasteiger charge is -2.26. The monoisotopic (exact) mass is 332 g/mol. The highest BCUT2D eigenvalue weighted by Gasteiger charge is 2.20. The number of rotatable bonds is 2. The molecule has 23 heavy (non-hydrogen) atoms. The number of fused-ring (bicyclic) bond motifs is 1. The zero-order chi connectivity index (χ0) is 18.0. The van der Waals surface area contributed by atoms with E-state index < -0.39 is 0 Å². The van der Waals surface area contributed by atoms with Gasteiger partial charge in [-0.05, 0) is 80.0 Å². The van der Waals surface area contributed by atoms with Crippen molar-refractivity contribution in [3.8, 4) is 0 Å². The van der Waals surface area contributed by atoms with Gasteiger partial charge < -0.3 is 0 Å². The van der Waals surface area contributed by atoms with E-state index in [1.807, 2.05) is 0 Å². The Kier molecular flexibility index (Phi) is 11.1. The Morgan fingerprint density at radius 2 is 1.83 bits per heavy atom. The normalized spacial score (nSPS) is 15.2. The van der Waals surface area contributed by atoms with Gasteiger partial charge in [-0.15, -0.1) is 0 Å². The Hall–Kier alpha value is -0.950. The van der Waals surface area contributed by atoms with Gasteiger partial charge in [0.2, 0.25) is 0 Å². The Morgan fingerprint density at radius 3 is 2.30 bits per heavy atom. The molecule has 0 amide bonds. The highest BCUT2D eigenvalue weighted by molar-refractivity contribution is 7.79. The van der Waals surface area contributed by atoms with Crippen LogP contribution in [0, 0.1) is 6.92 Å². The summed E-state index contributed by atoms with van der Waals surface area (Å²) in [5, 5.41) is 0. The molecule has 0 heterocycles. The van der Waals surface area contributed by atoms with E-state index in [-0.39, 0.29) is 0 Å². The quantitative estimate of drug-likeness (QED) is 0.534. The van der Waals surface area contributed by atoms with Gasteiger partial charge in [0.05, 0.1) is 0 Å². The lowest BCUT2D eigenvalue weighted by atomic mass is 9.78. The molecule has 0 fully saturated rings. The fraction of sp³-hybridized carbons (Fsp3) is 0.545. The van der Waals surface area contributed by atoms with Crippen LogP contribution in [0.15, 0.2) is 18.2 Å². The number of aryl methyl sites for hydroxylation is 1. The number of allylic oxidation sites excluding steroid dienone is 1. The second-order valence-electron chi connectivity index (χ2n) is 6.51. The van der Waals surface area contributed by atoms with Gasteiger partial charge >= 0.3 is 0 Å². The topological polar surface area (TPSA) is 0 Å². The Morgan fingerprint density at radius 1 is 1.26 bits per heavy atom. The third kappa shape index (κ3) is 6.22. The molecule has 1 atom stereocenters. The Labute approximate surface area is 150 Å². The van der Waals surface area contributed by atoms with E-state index in [1.165, 1.54) is 47.9 Å². The van der Waals surface area contributed by atoms with Gasteiger partial charge in [-0.3, -0.25) is 0 Å². The molecular formula is C22H36S. The summed E-state index contributed by atoms with van der Waals surface area (Å²) in [6.07, 6.45) is 11.1. The minimum Gasteiger partial charge on any atom is -0.183 e. The molecule has 0 bridgehead atoms. The van der Waals surface area contributed by atoms with Crippen LogP contribution >= 0.6 is 12.6 Å². The second kappa shape index (κ2) is 11.6. The summed E-state index contributed by atoms with van der Waals surface area (Å²) in [6, 6.07) is 2.40. The Bertz CT molecular complexity index is 519. The first kappa shape index (κ1) is 22.1. The van der Waals surface area contributed by atoms with Gasteiger partial charge in [-0.25, -0.2) is 0 Å². The first-order chi connectivity index (χ1) is 11.0. The van der Waals surface area contributed by atoms with Crippen molar-refractivity contribution in [2.75, 3.05) is 6.26 Å². The van der Waals surface area contributed by atoms with Crippen LogP contribution in [0.2, 0.25) is 0 Å². The molecule has 0 radical (unpaired) electrons. The summed E-state index contributed by atoms with van der Waals surface area (Å²) in [5.41, 5.74) is 8.58. The number of thiol groups is 1. The van der Waals surface area contributed by atoms with E-state index in [0.29, 0.717) is 5.92 Å². The van der Waals surface area contributed by atoms with Gasteiger partial charge in [0.25, 0.3) is 0 Å². The first-order valence-corrected chi connectivity index (χ1v) is 9.74. The summed E-state index contributed by atoms with van der Waals surface area (Å²) in [7, 11) is 0. The summed E-state index contributed by atoms with van der Waals surface area (Å²) in [5.74, 6) is 0.701. The van der Waals surface area contributed by atoms with Crippen LogP contribution in [0.1, 0.15) is 87.6 Å². The molecule has 1 aliphatic carbocycles. The third-order valence-electron chi connectivity index (χ3n) is 3.99. The molecule has 1 aromatic rings. The zero-order valence-electron chi connectivity index (χ0n) is 16.3. The van der Waals surface area contributed by atoms with E-state index in [1.54, 1.807) is 17.4 Å². The maximum Gasteiger partial charge on any atom is -0.0152 e. The molecule has 1 unspecified atom stereocenters. The number of hydrogen-bond donors (Lipinski definition) is 1. The third-order valence-corrected chi connectivity index (χ3v) is 3.99. The molecule has 0 aromatic heterocycles. The van der Waals surface area contributed by atoms with Crippen LogP contribution in [0.25, 0.3) is 12.2 Å². The largest absolute Gasteiger partial charge is 0.183 e. The van der Waals surface area contributed by atoms with Crippen molar-refractivity contribution in [3.63, 3.8) is 0 Å². The standard InChI is InChI=1S/C18H24.C3H8.CH4S/c1-6-15-16-9-7-8-13(4)18(16)11-14(5)17(15)10-12(2)3;1-3-2;1-2/h6,10-11,13H,1,7-9H2,2-5H3;3H2,1-2H3;2H,1H3. The smallest absolute Gasteiger partial charge is 0.0152 e. The average molecular weight is 333 g/mol. The molecular weight excluding hydrogens is 296 g/mol. The Balaban J connectivity index is 0.000000868. The van der Waals surface area contributed by atoms with Crippen molar-refractivity contribution < 1.29 is 0 Å². The zero-order valence-corrected chi connectivity index (χ0v) is 17.2. The second-order valence-corrected chi connectivity index (χ2v) is 6.51. The predicted octanol–water partition coefficient (Wildman–Crippen LogP) is 7.46. The SMILES string of the molecule is C=Cc1c(C=C(C)C)c(C)cc2c1CCCC2C.CCC.CS. The fourth-order valence-electron chi connectivity index (χ4n) is 3.10. The molecule has 2 rings (SSSR count). The van der Waals surface area contributed by atoms with Crippen LogP contribution < -0.4 is 0 Å². The molecule has 1 aromatic carbocycles. The van der Waals surface area contributed by atoms with Crippen LogP contribution in [0.4, 0.5) is 0 Å². The molecule has 0 nitrogen and oxygen atoms in total. The summed E-state index contributed by atoms with van der Waals surface area (Å²) < 4.78 is 0. The van der Waals surface area contributed by atoms with Gasteiger partial charge in [0.15, 0.2) is 0 Å². The molecule has 0 saturated heterocycles. The first-order valence-electron chi connectivity index (χ1n) is 8.84. The fourth-order valence-corrected chi connectivity index (χ4v) is 3.10. The van der Waals surface area contributed by atoms with Crippen molar-refractivity contribution in [3.05, 3.63) is 46.0 Å². The van der Waals surface area contributed by atoms with Gasteiger partial charge in [-0.2, -0.15) is 12.6 Å². The lowest BCUT2D eigenvalue weighted by Crippen LogP contribution is -2.10. The average Bonchev–Trinajstić information content (AvgIpc) is 2.51. The highest BCUT2D eigenvalue weighted by atomic mass is 32.1. The number of hydrogen-bond acceptors (Lipinski definition) is 1. The molecule has 0 aliphatic heterocycles. The van der Waals surface area contributed by atoms with Gasteiger partial charge in [0.1, 0.15) is 0 Å². The minimum atomic E-state index is 0.701. The predicted molar refractivity (Wildman–Crippen MR) is 113 cm³/mol. The lowest BCUT2D eigenvalue weighted by molar-refractivity contribution is 0.589. The molecule has 0 saturated carbocycles. The molecule has 0 N–H and O–H groups in total. The van der Waals surface area contributed by atoms with E-state index >= 15 is 0 Å². The van der Waals surface area contributed by atoms with E-state index in [9.17, 15) is 0 Å². The van der Waals surface area contributed by atoms with Crippen molar-refractivity contribution in [1.29, 1.82) is 0 Å². The van der Waals surface area contributed by atoms with E-state index in [0.717, 1.165) is 0 Å². The van der Waals surface area contributed by atoms with Gasteiger partial charge in [0, 0.05) is 0 Å². The maximum atomic E-state index is 4.04. The maximum absolute atomic E-state index is 4.04. The summed E-state index contributed by atoms with van der Waals surface area (Å²) in [4.78, 5) is 0. The van der Waals surface area contributed by atoms with Crippen molar-refractivity contribution in [1.82, 2.24) is 0 Å².